The van der Waals surface area contributed by atoms with Gasteiger partial charge in [0.05, 0.1) is 0 Å². The van der Waals surface area contributed by atoms with Gasteiger partial charge >= 0.3 is 0 Å². The molecule has 2 rings (SSSR count). The second kappa shape index (κ2) is 4.41. The molecule has 0 saturated heterocycles. The molecule has 2 heteroatoms. The van der Waals surface area contributed by atoms with Crippen LogP contribution in [0.5, 0.6) is 0 Å². The highest BCUT2D eigenvalue weighted by atomic mass is 32.1. The molecule has 0 bridgehead atoms. The van der Waals surface area contributed by atoms with Crippen molar-refractivity contribution in [1.82, 2.24) is 0 Å². The molecule has 0 atom stereocenters. The smallest absolute Gasteiger partial charge is 0.168 e. The van der Waals surface area contributed by atoms with Crippen LogP contribution in [-0.4, -0.2) is 5.78 Å². The van der Waals surface area contributed by atoms with Crippen molar-refractivity contribution in [2.24, 2.45) is 0 Å². The second-order valence-corrected chi connectivity index (χ2v) is 4.65. The zero-order valence-electron chi connectivity index (χ0n) is 8.57. The molecule has 0 spiro atoms. The van der Waals surface area contributed by atoms with Crippen molar-refractivity contribution in [1.29, 1.82) is 0 Å². The van der Waals surface area contributed by atoms with Crippen molar-refractivity contribution in [2.75, 3.05) is 0 Å². The minimum absolute atomic E-state index is 0.200. The summed E-state index contributed by atoms with van der Waals surface area (Å²) >= 11 is 1.62. The van der Waals surface area contributed by atoms with Gasteiger partial charge in [-0.2, -0.15) is 0 Å². The van der Waals surface area contributed by atoms with Gasteiger partial charge in [0.2, 0.25) is 0 Å². The number of hydrogen-bond acceptors (Lipinski definition) is 2. The fourth-order valence-electron chi connectivity index (χ4n) is 1.47. The van der Waals surface area contributed by atoms with Crippen molar-refractivity contribution in [2.45, 2.75) is 13.3 Å². The van der Waals surface area contributed by atoms with Crippen molar-refractivity contribution >= 4 is 17.1 Å². The van der Waals surface area contributed by atoms with Gasteiger partial charge in [0.15, 0.2) is 5.78 Å². The highest BCUT2D eigenvalue weighted by Gasteiger charge is 2.07. The van der Waals surface area contributed by atoms with E-state index >= 15 is 0 Å². The molecule has 2 aromatic rings. The largest absolute Gasteiger partial charge is 0.294 e. The first kappa shape index (κ1) is 10.1. The van der Waals surface area contributed by atoms with Crippen molar-refractivity contribution < 1.29 is 4.79 Å². The van der Waals surface area contributed by atoms with Gasteiger partial charge in [0.25, 0.3) is 0 Å². The number of ketones is 1. The van der Waals surface area contributed by atoms with Gasteiger partial charge in [-0.1, -0.05) is 30.3 Å². The van der Waals surface area contributed by atoms with Gasteiger partial charge in [-0.05, 0) is 18.6 Å². The molecule has 0 N–H and O–H groups in total. The van der Waals surface area contributed by atoms with Crippen LogP contribution in [0.4, 0.5) is 0 Å². The Bertz CT molecular complexity index is 456. The third kappa shape index (κ3) is 2.54. The number of Topliss-reactive ketones (excluding diaryl/α,β-unsaturated/α-hetero) is 1. The number of rotatable bonds is 3. The first-order valence-electron chi connectivity index (χ1n) is 4.88. The molecular formula is C13H12OS. The monoisotopic (exact) mass is 216 g/mol. The van der Waals surface area contributed by atoms with Crippen LogP contribution in [0.2, 0.25) is 0 Å². The molecule has 0 amide bonds. The molecule has 0 unspecified atom stereocenters. The van der Waals surface area contributed by atoms with Crippen LogP contribution in [0.3, 0.4) is 0 Å². The number of thiophene rings is 1. The van der Waals surface area contributed by atoms with E-state index in [2.05, 4.69) is 0 Å². The summed E-state index contributed by atoms with van der Waals surface area (Å²) in [4.78, 5) is 13.0. The molecular weight excluding hydrogens is 204 g/mol. The number of aryl methyl sites for hydroxylation is 1. The highest BCUT2D eigenvalue weighted by Crippen LogP contribution is 2.15. The Labute approximate surface area is 93.4 Å². The summed E-state index contributed by atoms with van der Waals surface area (Å²) < 4.78 is 0. The highest BCUT2D eigenvalue weighted by molar-refractivity contribution is 7.10. The zero-order valence-corrected chi connectivity index (χ0v) is 9.38. The Morgan fingerprint density at radius 2 is 2.00 bits per heavy atom. The Hall–Kier alpha value is -1.41. The number of benzene rings is 1. The number of hydrogen-bond donors (Lipinski definition) is 0. The van der Waals surface area contributed by atoms with Gasteiger partial charge in [0, 0.05) is 22.2 Å². The fourth-order valence-corrected chi connectivity index (χ4v) is 2.18. The summed E-state index contributed by atoms with van der Waals surface area (Å²) in [5.41, 5.74) is 1.91. The maximum atomic E-state index is 11.8. The van der Waals surface area contributed by atoms with Gasteiger partial charge in [-0.25, -0.2) is 0 Å². The van der Waals surface area contributed by atoms with Crippen LogP contribution in [0.1, 0.15) is 20.8 Å². The van der Waals surface area contributed by atoms with Crippen LogP contribution < -0.4 is 0 Å². The molecule has 0 saturated carbocycles. The lowest BCUT2D eigenvalue weighted by atomic mass is 10.1. The predicted molar refractivity (Wildman–Crippen MR) is 63.5 cm³/mol. The molecule has 1 heterocycles. The van der Waals surface area contributed by atoms with E-state index < -0.39 is 0 Å². The maximum absolute atomic E-state index is 11.8. The molecule has 0 aliphatic carbocycles. The molecule has 1 aromatic heterocycles. The lowest BCUT2D eigenvalue weighted by molar-refractivity contribution is 0.0993. The summed E-state index contributed by atoms with van der Waals surface area (Å²) in [7, 11) is 0. The van der Waals surface area contributed by atoms with Crippen LogP contribution in [0.25, 0.3) is 0 Å². The van der Waals surface area contributed by atoms with Gasteiger partial charge in [-0.15, -0.1) is 11.3 Å². The summed E-state index contributed by atoms with van der Waals surface area (Å²) in [5.74, 6) is 0.200. The van der Waals surface area contributed by atoms with Crippen LogP contribution >= 0.6 is 11.3 Å². The Kier molecular flexibility index (Phi) is 2.97. The quantitative estimate of drug-likeness (QED) is 0.718. The minimum Gasteiger partial charge on any atom is -0.294 e. The SMILES string of the molecule is Cc1cc(C(=O)Cc2ccccc2)cs1. The molecule has 0 radical (unpaired) electrons. The lowest BCUT2D eigenvalue weighted by Gasteiger charge is -1.98. The van der Waals surface area contributed by atoms with Gasteiger partial charge in [-0.3, -0.25) is 4.79 Å². The third-order valence-corrected chi connectivity index (χ3v) is 3.12. The molecule has 15 heavy (non-hydrogen) atoms. The van der Waals surface area contributed by atoms with Crippen LogP contribution in [0.15, 0.2) is 41.8 Å². The Morgan fingerprint density at radius 3 is 2.60 bits per heavy atom. The van der Waals surface area contributed by atoms with E-state index in [0.717, 1.165) is 11.1 Å². The average molecular weight is 216 g/mol. The zero-order chi connectivity index (χ0) is 10.7. The van der Waals surface area contributed by atoms with Crippen LogP contribution in [0, 0.1) is 6.92 Å². The van der Waals surface area contributed by atoms with Crippen molar-refractivity contribution in [3.05, 3.63) is 57.8 Å². The second-order valence-electron chi connectivity index (χ2n) is 3.53. The fraction of sp³-hybridized carbons (Fsp3) is 0.154. The number of carbonyl (C=O) groups is 1. The Morgan fingerprint density at radius 1 is 1.27 bits per heavy atom. The minimum atomic E-state index is 0.200. The summed E-state index contributed by atoms with van der Waals surface area (Å²) in [6.45, 7) is 2.02. The van der Waals surface area contributed by atoms with E-state index in [9.17, 15) is 4.79 Å². The van der Waals surface area contributed by atoms with Gasteiger partial charge < -0.3 is 0 Å². The summed E-state index contributed by atoms with van der Waals surface area (Å²) in [6.07, 6.45) is 0.497. The van der Waals surface area contributed by atoms with E-state index in [4.69, 9.17) is 0 Å². The topological polar surface area (TPSA) is 17.1 Å². The van der Waals surface area contributed by atoms with E-state index in [-0.39, 0.29) is 5.78 Å². The lowest BCUT2D eigenvalue weighted by Crippen LogP contribution is -2.01. The average Bonchev–Trinajstić information content (AvgIpc) is 2.66. The van der Waals surface area contributed by atoms with Crippen LogP contribution in [-0.2, 0) is 6.42 Å². The van der Waals surface area contributed by atoms with Gasteiger partial charge in [0.1, 0.15) is 0 Å². The van der Waals surface area contributed by atoms with E-state index in [1.807, 2.05) is 48.7 Å². The Balaban J connectivity index is 2.11. The molecule has 1 aromatic carbocycles. The van der Waals surface area contributed by atoms with Crippen molar-refractivity contribution in [3.8, 4) is 0 Å². The van der Waals surface area contributed by atoms with E-state index in [1.54, 1.807) is 11.3 Å². The third-order valence-electron chi connectivity index (χ3n) is 2.26. The first-order chi connectivity index (χ1) is 7.25. The standard InChI is InChI=1S/C13H12OS/c1-10-7-12(9-15-10)13(14)8-11-5-3-2-4-6-11/h2-7,9H,8H2,1H3. The molecule has 0 fully saturated rings. The maximum Gasteiger partial charge on any atom is 0.168 e. The summed E-state index contributed by atoms with van der Waals surface area (Å²) in [5, 5.41) is 1.93. The summed E-state index contributed by atoms with van der Waals surface area (Å²) in [6, 6.07) is 11.8. The van der Waals surface area contributed by atoms with E-state index in [0.29, 0.717) is 6.42 Å². The predicted octanol–water partition coefficient (Wildman–Crippen LogP) is 3.48. The molecule has 1 nitrogen and oxygen atoms in total. The van der Waals surface area contributed by atoms with Crippen molar-refractivity contribution in [3.63, 3.8) is 0 Å². The first-order valence-corrected chi connectivity index (χ1v) is 5.76. The normalized spacial score (nSPS) is 10.2. The molecule has 0 aliphatic rings. The van der Waals surface area contributed by atoms with E-state index in [1.165, 1.54) is 4.88 Å². The molecule has 0 aliphatic heterocycles. The number of carbonyl (C=O) groups excluding carboxylic acids is 1. The molecule has 76 valence electrons.